The molecule has 2 amide bonds. The van der Waals surface area contributed by atoms with Crippen LogP contribution in [0.4, 0.5) is 5.69 Å². The van der Waals surface area contributed by atoms with E-state index in [9.17, 15) is 9.59 Å². The van der Waals surface area contributed by atoms with Crippen molar-refractivity contribution in [1.29, 1.82) is 0 Å². The molecule has 25 heavy (non-hydrogen) atoms. The number of carbonyl (C=O) groups is 2. The highest BCUT2D eigenvalue weighted by Crippen LogP contribution is 2.49. The Morgan fingerprint density at radius 2 is 1.80 bits per heavy atom. The molecule has 0 radical (unpaired) electrons. The van der Waals surface area contributed by atoms with Crippen molar-refractivity contribution in [2.75, 3.05) is 11.4 Å². The number of fused-ring (bicyclic) bond motifs is 1. The third kappa shape index (κ3) is 2.82. The average molecular weight is 334 g/mol. The Bertz CT molecular complexity index is 822. The number of hydrogen-bond acceptors (Lipinski definition) is 2. The lowest BCUT2D eigenvalue weighted by Crippen LogP contribution is -2.44. The van der Waals surface area contributed by atoms with Crippen molar-refractivity contribution in [3.63, 3.8) is 0 Å². The molecule has 2 aliphatic rings. The van der Waals surface area contributed by atoms with Crippen LogP contribution in [0.1, 0.15) is 29.5 Å². The maximum atomic E-state index is 13.1. The highest BCUT2D eigenvalue weighted by molar-refractivity contribution is 6.14. The van der Waals surface area contributed by atoms with Crippen LogP contribution in [0.3, 0.4) is 0 Å². The standard InChI is InChI=1S/C21H22N2O2/c1-15-6-8-16(9-7-15)14-22-19(24)21(11-12-21)20(25)23-13-10-17-4-2-3-5-18(17)23/h2-9H,10-14H2,1H3,(H,22,24). The summed E-state index contributed by atoms with van der Waals surface area (Å²) in [6.07, 6.45) is 2.15. The number of hydrogen-bond donors (Lipinski definition) is 1. The fourth-order valence-electron chi connectivity index (χ4n) is 3.53. The van der Waals surface area contributed by atoms with E-state index in [-0.39, 0.29) is 11.8 Å². The van der Waals surface area contributed by atoms with Crippen LogP contribution in [0.15, 0.2) is 48.5 Å². The predicted octanol–water partition coefficient (Wildman–Crippen LogP) is 2.98. The Hall–Kier alpha value is -2.62. The number of rotatable bonds is 4. The molecule has 1 saturated carbocycles. The topological polar surface area (TPSA) is 49.4 Å². The fraction of sp³-hybridized carbons (Fsp3) is 0.333. The second kappa shape index (κ2) is 6.03. The van der Waals surface area contributed by atoms with E-state index in [1.807, 2.05) is 49.4 Å². The second-order valence-electron chi connectivity index (χ2n) is 7.09. The van der Waals surface area contributed by atoms with Gasteiger partial charge in [0.05, 0.1) is 0 Å². The van der Waals surface area contributed by atoms with Gasteiger partial charge in [-0.2, -0.15) is 0 Å². The van der Waals surface area contributed by atoms with Crippen LogP contribution in [-0.4, -0.2) is 18.4 Å². The summed E-state index contributed by atoms with van der Waals surface area (Å²) >= 11 is 0. The van der Waals surface area contributed by atoms with Gasteiger partial charge in [0.1, 0.15) is 5.41 Å². The summed E-state index contributed by atoms with van der Waals surface area (Å²) in [5.74, 6) is -0.179. The predicted molar refractivity (Wildman–Crippen MR) is 97.2 cm³/mol. The van der Waals surface area contributed by atoms with Crippen LogP contribution in [0.25, 0.3) is 0 Å². The van der Waals surface area contributed by atoms with Gasteiger partial charge in [-0.05, 0) is 43.4 Å². The molecular weight excluding hydrogens is 312 g/mol. The van der Waals surface area contributed by atoms with Gasteiger partial charge in [0.25, 0.3) is 0 Å². The van der Waals surface area contributed by atoms with Crippen molar-refractivity contribution in [1.82, 2.24) is 5.32 Å². The summed E-state index contributed by atoms with van der Waals surface area (Å²) in [4.78, 5) is 27.6. The Morgan fingerprint density at radius 1 is 1.08 bits per heavy atom. The molecule has 4 nitrogen and oxygen atoms in total. The molecule has 2 aromatic carbocycles. The minimum Gasteiger partial charge on any atom is -0.351 e. The highest BCUT2D eigenvalue weighted by Gasteiger charge is 2.58. The van der Waals surface area contributed by atoms with Gasteiger partial charge >= 0.3 is 0 Å². The lowest BCUT2D eigenvalue weighted by Gasteiger charge is -2.23. The molecule has 1 heterocycles. The number of nitrogens with one attached hydrogen (secondary N) is 1. The monoisotopic (exact) mass is 334 g/mol. The Kier molecular flexibility index (Phi) is 3.83. The zero-order valence-electron chi connectivity index (χ0n) is 14.4. The van der Waals surface area contributed by atoms with Gasteiger partial charge in [-0.3, -0.25) is 9.59 Å². The summed E-state index contributed by atoms with van der Waals surface area (Å²) in [6, 6.07) is 16.0. The number of benzene rings is 2. The largest absolute Gasteiger partial charge is 0.351 e. The molecule has 4 heteroatoms. The molecule has 0 bridgehead atoms. The van der Waals surface area contributed by atoms with Gasteiger partial charge in [-0.1, -0.05) is 48.0 Å². The molecular formula is C21H22N2O2. The van der Waals surface area contributed by atoms with Crippen LogP contribution in [-0.2, 0) is 22.6 Å². The fourth-order valence-corrected chi connectivity index (χ4v) is 3.53. The highest BCUT2D eigenvalue weighted by atomic mass is 16.2. The zero-order valence-corrected chi connectivity index (χ0v) is 14.4. The van der Waals surface area contributed by atoms with Crippen LogP contribution in [0.5, 0.6) is 0 Å². The third-order valence-electron chi connectivity index (χ3n) is 5.30. The van der Waals surface area contributed by atoms with E-state index in [4.69, 9.17) is 0 Å². The van der Waals surface area contributed by atoms with E-state index in [1.54, 1.807) is 4.90 Å². The number of para-hydroxylation sites is 1. The maximum Gasteiger partial charge on any atom is 0.242 e. The molecule has 4 rings (SSSR count). The number of anilines is 1. The van der Waals surface area contributed by atoms with Crippen LogP contribution in [0.2, 0.25) is 0 Å². The smallest absolute Gasteiger partial charge is 0.242 e. The van der Waals surface area contributed by atoms with Crippen molar-refractivity contribution in [3.8, 4) is 0 Å². The zero-order chi connectivity index (χ0) is 17.4. The Labute approximate surface area is 147 Å². The number of carbonyl (C=O) groups excluding carboxylic acids is 2. The lowest BCUT2D eigenvalue weighted by molar-refractivity contribution is -0.135. The molecule has 1 aliphatic heterocycles. The van der Waals surface area contributed by atoms with E-state index < -0.39 is 5.41 Å². The van der Waals surface area contributed by atoms with Crippen LogP contribution >= 0.6 is 0 Å². The van der Waals surface area contributed by atoms with Gasteiger partial charge in [-0.15, -0.1) is 0 Å². The first-order valence-corrected chi connectivity index (χ1v) is 8.84. The normalized spacial score (nSPS) is 17.1. The van der Waals surface area contributed by atoms with Crippen molar-refractivity contribution in [2.24, 2.45) is 5.41 Å². The van der Waals surface area contributed by atoms with Crippen LogP contribution < -0.4 is 10.2 Å². The summed E-state index contributed by atoms with van der Waals surface area (Å²) < 4.78 is 0. The molecule has 2 aromatic rings. The second-order valence-corrected chi connectivity index (χ2v) is 7.09. The minimum atomic E-state index is -0.859. The van der Waals surface area contributed by atoms with Gasteiger partial charge in [-0.25, -0.2) is 0 Å². The van der Waals surface area contributed by atoms with Gasteiger partial charge in [0.15, 0.2) is 0 Å². The van der Waals surface area contributed by atoms with Crippen molar-refractivity contribution in [3.05, 3.63) is 65.2 Å². The molecule has 1 N–H and O–H groups in total. The first kappa shape index (κ1) is 15.9. The Balaban J connectivity index is 1.45. The molecule has 0 spiro atoms. The molecule has 128 valence electrons. The number of nitrogens with zero attached hydrogens (tertiary/aromatic N) is 1. The molecule has 0 aromatic heterocycles. The number of amides is 2. The molecule has 0 saturated heterocycles. The number of aryl methyl sites for hydroxylation is 1. The molecule has 1 fully saturated rings. The molecule has 0 atom stereocenters. The SMILES string of the molecule is Cc1ccc(CNC(=O)C2(C(=O)N3CCc4ccccc43)CC2)cc1. The molecule has 0 unspecified atom stereocenters. The Morgan fingerprint density at radius 3 is 2.52 bits per heavy atom. The summed E-state index contributed by atoms with van der Waals surface area (Å²) in [7, 11) is 0. The summed E-state index contributed by atoms with van der Waals surface area (Å²) in [6.45, 7) is 3.17. The van der Waals surface area contributed by atoms with Gasteiger partial charge in [0.2, 0.25) is 11.8 Å². The van der Waals surface area contributed by atoms with E-state index in [2.05, 4.69) is 11.4 Å². The van der Waals surface area contributed by atoms with Crippen molar-refractivity contribution >= 4 is 17.5 Å². The third-order valence-corrected chi connectivity index (χ3v) is 5.30. The first-order chi connectivity index (χ1) is 12.1. The quantitative estimate of drug-likeness (QED) is 0.874. The lowest BCUT2D eigenvalue weighted by atomic mass is 10.0. The van der Waals surface area contributed by atoms with Gasteiger partial charge in [0, 0.05) is 18.8 Å². The van der Waals surface area contributed by atoms with E-state index in [0.29, 0.717) is 25.9 Å². The van der Waals surface area contributed by atoms with E-state index >= 15 is 0 Å². The van der Waals surface area contributed by atoms with Crippen molar-refractivity contribution < 1.29 is 9.59 Å². The van der Waals surface area contributed by atoms with Crippen molar-refractivity contribution in [2.45, 2.75) is 32.7 Å². The molecule has 1 aliphatic carbocycles. The first-order valence-electron chi connectivity index (χ1n) is 8.84. The maximum absolute atomic E-state index is 13.1. The van der Waals surface area contributed by atoms with E-state index in [1.165, 1.54) is 11.1 Å². The van der Waals surface area contributed by atoms with E-state index in [0.717, 1.165) is 17.7 Å². The summed E-state index contributed by atoms with van der Waals surface area (Å²) in [5.41, 5.74) is 3.53. The van der Waals surface area contributed by atoms with Crippen LogP contribution in [0, 0.1) is 12.3 Å². The minimum absolute atomic E-state index is 0.0427. The summed E-state index contributed by atoms with van der Waals surface area (Å²) in [5, 5.41) is 2.96. The van der Waals surface area contributed by atoms with Gasteiger partial charge < -0.3 is 10.2 Å². The average Bonchev–Trinajstić information content (AvgIpc) is 3.34.